The van der Waals surface area contributed by atoms with Crippen LogP contribution in [0.4, 0.5) is 0 Å². The van der Waals surface area contributed by atoms with Crippen molar-refractivity contribution in [2.75, 3.05) is 0 Å². The van der Waals surface area contributed by atoms with Crippen LogP contribution in [-0.4, -0.2) is 4.40 Å². The highest BCUT2D eigenvalue weighted by molar-refractivity contribution is 7.27. The molecule has 0 N–H and O–H groups in total. The van der Waals surface area contributed by atoms with Crippen molar-refractivity contribution in [1.29, 1.82) is 0 Å². The van der Waals surface area contributed by atoms with Crippen LogP contribution in [0.15, 0.2) is 91.0 Å². The Bertz CT molecular complexity index is 2080. The molecule has 0 aliphatic rings. The van der Waals surface area contributed by atoms with Gasteiger partial charge >= 0.3 is 0 Å². The van der Waals surface area contributed by atoms with Crippen LogP contribution in [0.1, 0.15) is 0 Å². The molecule has 0 saturated heterocycles. The van der Waals surface area contributed by atoms with E-state index in [4.69, 9.17) is 0 Å². The van der Waals surface area contributed by atoms with E-state index in [-0.39, 0.29) is 0 Å². The second-order valence-electron chi connectivity index (χ2n) is 8.91. The van der Waals surface area contributed by atoms with Gasteiger partial charge in [0.1, 0.15) is 0 Å². The lowest BCUT2D eigenvalue weighted by Crippen LogP contribution is -1.80. The molecule has 0 aliphatic heterocycles. The fraction of sp³-hybridized carbons (Fsp3) is 0. The standard InChI is InChI=1S/C30H15NS2/c1-3-10-24-16(6-1)18-12-14-22-26(29(18)32-24)20-8-5-9-21-27-23(31(22)28(20)21)15-13-19-17-7-2-4-11-25(17)33-30(19)27/h1-15H. The van der Waals surface area contributed by atoms with Crippen LogP contribution in [-0.2, 0) is 0 Å². The smallest absolute Gasteiger partial charge is 0.0621 e. The molecule has 0 aliphatic carbocycles. The van der Waals surface area contributed by atoms with Gasteiger partial charge in [-0.25, -0.2) is 0 Å². The van der Waals surface area contributed by atoms with Gasteiger partial charge in [-0.15, -0.1) is 22.7 Å². The number of thiophene rings is 2. The SMILES string of the molecule is c1ccc2c(c1)sc1c2ccc2c1c1cccc3c4c5sc6ccccc6c5ccc4n2c13. The Morgan fingerprint density at radius 2 is 0.909 bits per heavy atom. The molecule has 9 aromatic rings. The zero-order chi connectivity index (χ0) is 21.3. The molecule has 0 bridgehead atoms. The third-order valence-corrected chi connectivity index (χ3v) is 9.74. The van der Waals surface area contributed by atoms with E-state index in [1.807, 2.05) is 22.7 Å². The van der Waals surface area contributed by atoms with E-state index in [9.17, 15) is 0 Å². The fourth-order valence-corrected chi connectivity index (χ4v) is 8.53. The normalized spacial score (nSPS) is 12.8. The number of hydrogen-bond acceptors (Lipinski definition) is 2. The first kappa shape index (κ1) is 16.9. The van der Waals surface area contributed by atoms with Crippen molar-refractivity contribution < 1.29 is 0 Å². The second kappa shape index (κ2) is 5.63. The Morgan fingerprint density at radius 1 is 0.424 bits per heavy atom. The maximum Gasteiger partial charge on any atom is 0.0621 e. The van der Waals surface area contributed by atoms with Gasteiger partial charge in [-0.05, 0) is 24.3 Å². The van der Waals surface area contributed by atoms with Crippen LogP contribution in [0.5, 0.6) is 0 Å². The number of benzene rings is 5. The summed E-state index contributed by atoms with van der Waals surface area (Å²) < 4.78 is 8.05. The summed E-state index contributed by atoms with van der Waals surface area (Å²) >= 11 is 3.85. The predicted molar refractivity (Wildman–Crippen MR) is 147 cm³/mol. The third-order valence-electron chi connectivity index (χ3n) is 7.33. The van der Waals surface area contributed by atoms with E-state index in [1.165, 1.54) is 78.4 Å². The van der Waals surface area contributed by atoms with E-state index in [0.29, 0.717) is 0 Å². The molecule has 0 radical (unpaired) electrons. The van der Waals surface area contributed by atoms with Gasteiger partial charge in [-0.2, -0.15) is 0 Å². The van der Waals surface area contributed by atoms with Gasteiger partial charge in [0.25, 0.3) is 0 Å². The van der Waals surface area contributed by atoms with E-state index in [1.54, 1.807) is 0 Å². The summed E-state index contributed by atoms with van der Waals surface area (Å²) in [5.41, 5.74) is 3.99. The number of fused-ring (bicyclic) bond motifs is 14. The van der Waals surface area contributed by atoms with Crippen molar-refractivity contribution in [3.63, 3.8) is 0 Å². The lowest BCUT2D eigenvalue weighted by atomic mass is 10.0. The van der Waals surface area contributed by atoms with Crippen molar-refractivity contribution in [3.8, 4) is 0 Å². The number of para-hydroxylation sites is 1. The molecular formula is C30H15NS2. The van der Waals surface area contributed by atoms with E-state index >= 15 is 0 Å². The summed E-state index contributed by atoms with van der Waals surface area (Å²) in [4.78, 5) is 0. The maximum absolute atomic E-state index is 2.52. The Balaban J connectivity index is 1.58. The van der Waals surface area contributed by atoms with Crippen LogP contribution in [0.25, 0.3) is 78.4 Å². The van der Waals surface area contributed by atoms with E-state index in [0.717, 1.165) is 0 Å². The molecule has 33 heavy (non-hydrogen) atoms. The predicted octanol–water partition coefficient (Wildman–Crippen LogP) is 9.57. The van der Waals surface area contributed by atoms with Crippen LogP contribution in [0, 0.1) is 0 Å². The number of nitrogens with zero attached hydrogens (tertiary/aromatic N) is 1. The first-order chi connectivity index (χ1) is 16.4. The van der Waals surface area contributed by atoms with Crippen LogP contribution < -0.4 is 0 Å². The van der Waals surface area contributed by atoms with Crippen LogP contribution >= 0.6 is 22.7 Å². The quantitative estimate of drug-likeness (QED) is 0.215. The highest BCUT2D eigenvalue weighted by Crippen LogP contribution is 2.48. The average molecular weight is 454 g/mol. The fourth-order valence-electron chi connectivity index (χ4n) is 6.01. The molecular weight excluding hydrogens is 438 g/mol. The minimum Gasteiger partial charge on any atom is -0.308 e. The zero-order valence-corrected chi connectivity index (χ0v) is 19.1. The summed E-state index contributed by atoms with van der Waals surface area (Å²) in [7, 11) is 0. The minimum absolute atomic E-state index is 1.32. The summed E-state index contributed by atoms with van der Waals surface area (Å²) in [6.45, 7) is 0. The molecule has 9 rings (SSSR count). The van der Waals surface area contributed by atoms with Crippen LogP contribution in [0.3, 0.4) is 0 Å². The second-order valence-corrected chi connectivity index (χ2v) is 11.0. The Hall–Kier alpha value is -3.66. The average Bonchev–Trinajstić information content (AvgIpc) is 3.59. The summed E-state index contributed by atoms with van der Waals surface area (Å²) in [5.74, 6) is 0. The summed E-state index contributed by atoms with van der Waals surface area (Å²) in [6.07, 6.45) is 0. The Labute approximate surface area is 196 Å². The molecule has 4 aromatic heterocycles. The van der Waals surface area contributed by atoms with Gasteiger partial charge in [-0.1, -0.05) is 66.7 Å². The monoisotopic (exact) mass is 453 g/mol. The highest BCUT2D eigenvalue weighted by Gasteiger charge is 2.22. The van der Waals surface area contributed by atoms with Gasteiger partial charge in [0.05, 0.1) is 16.6 Å². The molecule has 0 amide bonds. The van der Waals surface area contributed by atoms with E-state index < -0.39 is 0 Å². The molecule has 0 saturated carbocycles. The van der Waals surface area contributed by atoms with Crippen molar-refractivity contribution in [2.24, 2.45) is 0 Å². The lowest BCUT2D eigenvalue weighted by molar-refractivity contribution is 1.38. The molecule has 3 heteroatoms. The van der Waals surface area contributed by atoms with Gasteiger partial charge in [0.2, 0.25) is 0 Å². The molecule has 0 spiro atoms. The summed E-state index contributed by atoms with van der Waals surface area (Å²) in [5, 5.41) is 11.0. The molecule has 5 aromatic carbocycles. The Morgan fingerprint density at radius 3 is 1.45 bits per heavy atom. The first-order valence-electron chi connectivity index (χ1n) is 11.2. The molecule has 0 atom stereocenters. The number of aromatic nitrogens is 1. The van der Waals surface area contributed by atoms with E-state index in [2.05, 4.69) is 95.4 Å². The zero-order valence-electron chi connectivity index (χ0n) is 17.4. The molecule has 152 valence electrons. The molecule has 0 fully saturated rings. The van der Waals surface area contributed by atoms with Crippen molar-refractivity contribution in [3.05, 3.63) is 91.0 Å². The van der Waals surface area contributed by atoms with Gasteiger partial charge in [0.15, 0.2) is 0 Å². The topological polar surface area (TPSA) is 4.41 Å². The van der Waals surface area contributed by atoms with Crippen molar-refractivity contribution in [1.82, 2.24) is 4.40 Å². The van der Waals surface area contributed by atoms with Crippen LogP contribution in [0.2, 0.25) is 0 Å². The molecule has 0 unspecified atom stereocenters. The number of rotatable bonds is 0. The van der Waals surface area contributed by atoms with Gasteiger partial charge in [0, 0.05) is 61.9 Å². The summed E-state index contributed by atoms with van der Waals surface area (Å²) in [6, 6.07) is 33.8. The van der Waals surface area contributed by atoms with Gasteiger partial charge < -0.3 is 4.40 Å². The molecule has 1 nitrogen and oxygen atoms in total. The molecule has 4 heterocycles. The minimum atomic E-state index is 1.32. The van der Waals surface area contributed by atoms with Crippen molar-refractivity contribution in [2.45, 2.75) is 0 Å². The third kappa shape index (κ3) is 1.88. The lowest BCUT2D eigenvalue weighted by Gasteiger charge is -2.00. The largest absolute Gasteiger partial charge is 0.308 e. The maximum atomic E-state index is 2.52. The van der Waals surface area contributed by atoms with Gasteiger partial charge in [-0.3, -0.25) is 0 Å². The van der Waals surface area contributed by atoms with Crippen molar-refractivity contribution >= 4 is 101 Å². The first-order valence-corrected chi connectivity index (χ1v) is 12.8. The Kier molecular flexibility index (Phi) is 2.88. The number of hydrogen-bond donors (Lipinski definition) is 0. The highest BCUT2D eigenvalue weighted by atomic mass is 32.1.